The standard InChI is InChI=1S/C9H11N3O5S/c1-3-6(18-9(10)11-3)7(15)12-4(8(16)17)2-5(13)14/h4H,2H2,1H3,(H2,10,11)(H,12,15)(H,13,14)(H,16,17). The zero-order valence-corrected chi connectivity index (χ0v) is 10.2. The third kappa shape index (κ3) is 3.42. The molecule has 0 spiro atoms. The highest BCUT2D eigenvalue weighted by Crippen LogP contribution is 2.19. The van der Waals surface area contributed by atoms with Crippen molar-refractivity contribution in [3.63, 3.8) is 0 Å². The van der Waals surface area contributed by atoms with Gasteiger partial charge in [0.1, 0.15) is 10.9 Å². The summed E-state index contributed by atoms with van der Waals surface area (Å²) < 4.78 is 0. The molecule has 1 rings (SSSR count). The molecule has 0 aliphatic carbocycles. The van der Waals surface area contributed by atoms with Gasteiger partial charge < -0.3 is 21.3 Å². The summed E-state index contributed by atoms with van der Waals surface area (Å²) in [5, 5.41) is 19.6. The van der Waals surface area contributed by atoms with Gasteiger partial charge in [0, 0.05) is 0 Å². The Morgan fingerprint density at radius 3 is 2.44 bits per heavy atom. The Labute approximate surface area is 105 Å². The number of aromatic nitrogens is 1. The van der Waals surface area contributed by atoms with Crippen molar-refractivity contribution < 1.29 is 24.6 Å². The number of amides is 1. The average Bonchev–Trinajstić information content (AvgIpc) is 2.56. The number of carbonyl (C=O) groups is 3. The van der Waals surface area contributed by atoms with Crippen LogP contribution in [0.5, 0.6) is 0 Å². The largest absolute Gasteiger partial charge is 0.481 e. The van der Waals surface area contributed by atoms with Gasteiger partial charge in [-0.25, -0.2) is 9.78 Å². The first-order valence-electron chi connectivity index (χ1n) is 4.79. The van der Waals surface area contributed by atoms with Crippen LogP contribution in [-0.4, -0.2) is 39.1 Å². The highest BCUT2D eigenvalue weighted by Gasteiger charge is 2.25. The molecule has 0 aliphatic rings. The molecular weight excluding hydrogens is 262 g/mol. The number of carbonyl (C=O) groups excluding carboxylic acids is 1. The smallest absolute Gasteiger partial charge is 0.326 e. The van der Waals surface area contributed by atoms with E-state index in [4.69, 9.17) is 15.9 Å². The van der Waals surface area contributed by atoms with Crippen LogP contribution in [0.25, 0.3) is 0 Å². The number of nitrogen functional groups attached to an aromatic ring is 1. The fourth-order valence-electron chi connectivity index (χ4n) is 1.23. The number of thiazole rings is 1. The Hall–Kier alpha value is -2.16. The van der Waals surface area contributed by atoms with Crippen LogP contribution in [0.2, 0.25) is 0 Å². The van der Waals surface area contributed by atoms with Crippen molar-refractivity contribution in [1.82, 2.24) is 10.3 Å². The van der Waals surface area contributed by atoms with E-state index >= 15 is 0 Å². The van der Waals surface area contributed by atoms with E-state index in [9.17, 15) is 14.4 Å². The normalized spacial score (nSPS) is 11.8. The molecule has 1 amide bonds. The summed E-state index contributed by atoms with van der Waals surface area (Å²) in [5.41, 5.74) is 5.78. The molecule has 5 N–H and O–H groups in total. The molecule has 18 heavy (non-hydrogen) atoms. The Morgan fingerprint density at radius 2 is 2.06 bits per heavy atom. The molecule has 0 saturated heterocycles. The monoisotopic (exact) mass is 273 g/mol. The van der Waals surface area contributed by atoms with Crippen molar-refractivity contribution in [2.24, 2.45) is 0 Å². The van der Waals surface area contributed by atoms with Gasteiger partial charge in [0.05, 0.1) is 12.1 Å². The molecule has 8 nitrogen and oxygen atoms in total. The molecule has 98 valence electrons. The summed E-state index contributed by atoms with van der Waals surface area (Å²) in [6.07, 6.45) is -0.700. The quantitative estimate of drug-likeness (QED) is 0.576. The minimum atomic E-state index is -1.49. The number of aryl methyl sites for hydroxylation is 1. The minimum Gasteiger partial charge on any atom is -0.481 e. The van der Waals surface area contributed by atoms with E-state index in [0.29, 0.717) is 5.69 Å². The number of hydrogen-bond donors (Lipinski definition) is 4. The van der Waals surface area contributed by atoms with Gasteiger partial charge >= 0.3 is 11.9 Å². The van der Waals surface area contributed by atoms with Gasteiger partial charge in [0.15, 0.2) is 5.13 Å². The van der Waals surface area contributed by atoms with Crippen LogP contribution in [0.3, 0.4) is 0 Å². The van der Waals surface area contributed by atoms with Crippen LogP contribution in [0.4, 0.5) is 5.13 Å². The van der Waals surface area contributed by atoms with Gasteiger partial charge in [0.25, 0.3) is 5.91 Å². The van der Waals surface area contributed by atoms with Gasteiger partial charge in [-0.3, -0.25) is 9.59 Å². The lowest BCUT2D eigenvalue weighted by Gasteiger charge is -2.11. The molecule has 1 aromatic rings. The van der Waals surface area contributed by atoms with E-state index < -0.39 is 30.3 Å². The van der Waals surface area contributed by atoms with Crippen LogP contribution < -0.4 is 11.1 Å². The van der Waals surface area contributed by atoms with Gasteiger partial charge in [0.2, 0.25) is 0 Å². The third-order valence-corrected chi connectivity index (χ3v) is 2.99. The van der Waals surface area contributed by atoms with E-state index in [1.807, 2.05) is 0 Å². The molecule has 1 aromatic heterocycles. The fraction of sp³-hybridized carbons (Fsp3) is 0.333. The first kappa shape index (κ1) is 13.9. The Bertz CT molecular complexity index is 498. The Kier molecular flexibility index (Phi) is 4.21. The average molecular weight is 273 g/mol. The van der Waals surface area contributed by atoms with Crippen molar-refractivity contribution in [3.8, 4) is 0 Å². The lowest BCUT2D eigenvalue weighted by Crippen LogP contribution is -2.42. The summed E-state index contributed by atoms with van der Waals surface area (Å²) in [6, 6.07) is -1.49. The first-order valence-corrected chi connectivity index (χ1v) is 5.61. The summed E-state index contributed by atoms with van der Waals surface area (Å²) >= 11 is 0.909. The topological polar surface area (TPSA) is 143 Å². The lowest BCUT2D eigenvalue weighted by molar-refractivity contribution is -0.145. The Balaban J connectivity index is 2.81. The van der Waals surface area contributed by atoms with Gasteiger partial charge in [-0.15, -0.1) is 0 Å². The highest BCUT2D eigenvalue weighted by atomic mass is 32.1. The number of carboxylic acids is 2. The lowest BCUT2D eigenvalue weighted by atomic mass is 10.2. The number of hydrogen-bond acceptors (Lipinski definition) is 6. The summed E-state index contributed by atoms with van der Waals surface area (Å²) in [4.78, 5) is 36.9. The minimum absolute atomic E-state index is 0.170. The number of aliphatic carboxylic acids is 2. The van der Waals surface area contributed by atoms with Crippen LogP contribution in [0.15, 0.2) is 0 Å². The number of nitrogens with two attached hydrogens (primary N) is 1. The molecule has 0 saturated carbocycles. The number of carboxylic acid groups (broad SMARTS) is 2. The molecule has 9 heteroatoms. The van der Waals surface area contributed by atoms with Crippen molar-refractivity contribution in [1.29, 1.82) is 0 Å². The van der Waals surface area contributed by atoms with Crippen LogP contribution in [0.1, 0.15) is 21.8 Å². The van der Waals surface area contributed by atoms with Gasteiger partial charge in [-0.1, -0.05) is 11.3 Å². The predicted molar refractivity (Wildman–Crippen MR) is 62.4 cm³/mol. The van der Waals surface area contributed by atoms with Crippen LogP contribution in [-0.2, 0) is 9.59 Å². The zero-order chi connectivity index (χ0) is 13.9. The second-order valence-corrected chi connectivity index (χ2v) is 4.46. The third-order valence-electron chi connectivity index (χ3n) is 2.00. The van der Waals surface area contributed by atoms with Crippen molar-refractivity contribution >= 4 is 34.3 Å². The highest BCUT2D eigenvalue weighted by molar-refractivity contribution is 7.17. The van der Waals surface area contributed by atoms with Gasteiger partial charge in [-0.2, -0.15) is 0 Å². The zero-order valence-electron chi connectivity index (χ0n) is 9.34. The fourth-order valence-corrected chi connectivity index (χ4v) is 1.96. The van der Waals surface area contributed by atoms with E-state index in [2.05, 4.69) is 10.3 Å². The number of nitrogens with zero attached hydrogens (tertiary/aromatic N) is 1. The van der Waals surface area contributed by atoms with E-state index in [1.165, 1.54) is 0 Å². The number of rotatable bonds is 5. The second-order valence-electron chi connectivity index (χ2n) is 3.43. The second kappa shape index (κ2) is 5.45. The van der Waals surface area contributed by atoms with Crippen molar-refractivity contribution in [2.75, 3.05) is 5.73 Å². The molecule has 1 atom stereocenters. The maximum absolute atomic E-state index is 11.7. The van der Waals surface area contributed by atoms with Gasteiger partial charge in [-0.05, 0) is 6.92 Å². The molecule has 0 aliphatic heterocycles. The van der Waals surface area contributed by atoms with Crippen molar-refractivity contribution in [2.45, 2.75) is 19.4 Å². The maximum atomic E-state index is 11.7. The molecule has 0 aromatic carbocycles. The summed E-state index contributed by atoms with van der Waals surface area (Å²) in [6.45, 7) is 1.55. The van der Waals surface area contributed by atoms with E-state index in [0.717, 1.165) is 11.3 Å². The maximum Gasteiger partial charge on any atom is 0.326 e. The SMILES string of the molecule is Cc1nc(N)sc1C(=O)NC(CC(=O)O)C(=O)O. The summed E-state index contributed by atoms with van der Waals surface area (Å²) in [5.74, 6) is -3.43. The number of nitrogens with one attached hydrogen (secondary N) is 1. The molecule has 0 bridgehead atoms. The van der Waals surface area contributed by atoms with Crippen molar-refractivity contribution in [3.05, 3.63) is 10.6 Å². The molecule has 0 fully saturated rings. The van der Waals surface area contributed by atoms with E-state index in [-0.39, 0.29) is 10.0 Å². The number of anilines is 1. The van der Waals surface area contributed by atoms with Crippen LogP contribution >= 0.6 is 11.3 Å². The molecule has 0 radical (unpaired) electrons. The van der Waals surface area contributed by atoms with E-state index in [1.54, 1.807) is 6.92 Å². The molecule has 1 unspecified atom stereocenters. The Morgan fingerprint density at radius 1 is 1.44 bits per heavy atom. The first-order chi connectivity index (χ1) is 8.31. The molecule has 1 heterocycles. The van der Waals surface area contributed by atoms with Crippen LogP contribution in [0, 0.1) is 6.92 Å². The predicted octanol–water partition coefficient (Wildman–Crippen LogP) is -0.309. The molecular formula is C9H11N3O5S. The summed E-state index contributed by atoms with van der Waals surface area (Å²) in [7, 11) is 0.